The van der Waals surface area contributed by atoms with Gasteiger partial charge in [-0.05, 0) is 95.8 Å². The molecule has 1 fully saturated rings. The molecule has 0 spiro atoms. The van der Waals surface area contributed by atoms with E-state index in [-0.39, 0.29) is 11.7 Å². The van der Waals surface area contributed by atoms with Gasteiger partial charge < -0.3 is 4.74 Å². The number of ether oxygens (including phenoxy) is 1. The molecule has 0 bridgehead atoms. The Bertz CT molecular complexity index is 1350. The second kappa shape index (κ2) is 11.8. The second-order valence-electron chi connectivity index (χ2n) is 13.8. The first-order chi connectivity index (χ1) is 19.9. The lowest BCUT2D eigenvalue weighted by atomic mass is 9.59. The SMILES string of the molecule is CC(C)[C@@H](C)CC[C@@H](C)[C@@H]1CC[C@@H]2c3ccc4c(c3CC[C@@]21C)CC[C@H](OC(=O)c1cc([N+](=O)[O-])cc([N+](=O)[O-])c1)C4. The Hall–Kier alpha value is -3.29. The summed E-state index contributed by atoms with van der Waals surface area (Å²) in [4.78, 5) is 33.9. The summed E-state index contributed by atoms with van der Waals surface area (Å²) in [7, 11) is 0. The Balaban J connectivity index is 1.29. The van der Waals surface area contributed by atoms with E-state index in [0.29, 0.717) is 24.2 Å². The van der Waals surface area contributed by atoms with Gasteiger partial charge in [-0.2, -0.15) is 0 Å². The molecule has 0 heterocycles. The van der Waals surface area contributed by atoms with Gasteiger partial charge in [0.15, 0.2) is 0 Å². The van der Waals surface area contributed by atoms with Crippen molar-refractivity contribution in [1.29, 1.82) is 0 Å². The molecule has 0 aromatic heterocycles. The quantitative estimate of drug-likeness (QED) is 0.168. The third-order valence-corrected chi connectivity index (χ3v) is 11.2. The average Bonchev–Trinajstić information content (AvgIpc) is 3.32. The lowest BCUT2D eigenvalue weighted by molar-refractivity contribution is -0.394. The monoisotopic (exact) mass is 576 g/mol. The van der Waals surface area contributed by atoms with E-state index in [0.717, 1.165) is 54.7 Å². The summed E-state index contributed by atoms with van der Waals surface area (Å²) in [6.45, 7) is 12.1. The van der Waals surface area contributed by atoms with Crippen molar-refractivity contribution in [1.82, 2.24) is 0 Å². The van der Waals surface area contributed by atoms with Gasteiger partial charge in [0.05, 0.1) is 21.5 Å². The van der Waals surface area contributed by atoms with E-state index < -0.39 is 27.2 Å². The first kappa shape index (κ1) is 30.2. The van der Waals surface area contributed by atoms with E-state index in [1.54, 1.807) is 0 Å². The molecular formula is C34H44N2O6. The number of carbonyl (C=O) groups is 1. The molecular weight excluding hydrogens is 532 g/mol. The van der Waals surface area contributed by atoms with Crippen LogP contribution in [0.5, 0.6) is 0 Å². The zero-order valence-corrected chi connectivity index (χ0v) is 25.6. The van der Waals surface area contributed by atoms with Crippen LogP contribution in [0.1, 0.15) is 112 Å². The number of hydrogen-bond donors (Lipinski definition) is 0. The highest BCUT2D eigenvalue weighted by Gasteiger charge is 2.51. The average molecular weight is 577 g/mol. The number of benzene rings is 2. The van der Waals surface area contributed by atoms with Crippen LogP contribution in [0.15, 0.2) is 30.3 Å². The van der Waals surface area contributed by atoms with Crippen molar-refractivity contribution in [2.24, 2.45) is 29.1 Å². The molecule has 2 aromatic rings. The van der Waals surface area contributed by atoms with E-state index >= 15 is 0 Å². The van der Waals surface area contributed by atoms with E-state index in [1.807, 2.05) is 0 Å². The summed E-state index contributed by atoms with van der Waals surface area (Å²) in [6.07, 6.45) is 9.20. The lowest BCUT2D eigenvalue weighted by Crippen LogP contribution is -2.36. The standard InChI is InChI=1S/C34H44N2O6/c1-20(2)21(3)6-7-22(4)31-12-13-32-30-10-8-23-18-27(9-11-28(23)29(30)14-15-34(31,32)5)42-33(37)24-16-25(35(38)39)19-26(17-24)36(40)41/h8,10,16-17,19-22,27,31-32H,6-7,9,11-15,18H2,1-5H3/t21-,22+,27-,31-,32+,34+/m0/s1. The van der Waals surface area contributed by atoms with Crippen LogP contribution < -0.4 is 0 Å². The number of carbonyl (C=O) groups excluding carboxylic acids is 1. The minimum Gasteiger partial charge on any atom is -0.458 e. The number of rotatable bonds is 9. The highest BCUT2D eigenvalue weighted by Crippen LogP contribution is 2.61. The molecule has 6 atom stereocenters. The molecule has 2 aromatic carbocycles. The molecule has 5 rings (SSSR count). The number of nitrogens with zero attached hydrogens (tertiary/aromatic N) is 2. The molecule has 0 aliphatic heterocycles. The summed E-state index contributed by atoms with van der Waals surface area (Å²) >= 11 is 0. The molecule has 0 radical (unpaired) electrons. The molecule has 0 unspecified atom stereocenters. The van der Waals surface area contributed by atoms with Crippen molar-refractivity contribution < 1.29 is 19.4 Å². The number of esters is 1. The molecule has 8 heteroatoms. The van der Waals surface area contributed by atoms with E-state index in [4.69, 9.17) is 4.74 Å². The molecule has 1 saturated carbocycles. The van der Waals surface area contributed by atoms with Gasteiger partial charge in [0.2, 0.25) is 0 Å². The minimum absolute atomic E-state index is 0.171. The van der Waals surface area contributed by atoms with Crippen molar-refractivity contribution in [2.45, 2.75) is 104 Å². The number of hydrogen-bond acceptors (Lipinski definition) is 6. The van der Waals surface area contributed by atoms with Gasteiger partial charge in [0.1, 0.15) is 6.10 Å². The van der Waals surface area contributed by atoms with Gasteiger partial charge in [-0.15, -0.1) is 0 Å². The maximum absolute atomic E-state index is 12.9. The van der Waals surface area contributed by atoms with Gasteiger partial charge in [-0.3, -0.25) is 20.2 Å². The summed E-state index contributed by atoms with van der Waals surface area (Å²) in [5.74, 6) is 2.84. The van der Waals surface area contributed by atoms with Crippen molar-refractivity contribution in [2.75, 3.05) is 0 Å². The van der Waals surface area contributed by atoms with E-state index in [2.05, 4.69) is 46.8 Å². The van der Waals surface area contributed by atoms with Gasteiger partial charge in [0.25, 0.3) is 11.4 Å². The second-order valence-corrected chi connectivity index (χ2v) is 13.8. The smallest absolute Gasteiger partial charge is 0.338 e. The molecule has 3 aliphatic carbocycles. The number of nitro groups is 2. The maximum atomic E-state index is 12.9. The highest BCUT2D eigenvalue weighted by molar-refractivity contribution is 5.91. The number of fused-ring (bicyclic) bond motifs is 5. The number of non-ortho nitro benzene ring substituents is 2. The molecule has 3 aliphatic rings. The van der Waals surface area contributed by atoms with Gasteiger partial charge in [-0.25, -0.2) is 4.79 Å². The summed E-state index contributed by atoms with van der Waals surface area (Å²) in [5, 5.41) is 22.5. The molecule has 42 heavy (non-hydrogen) atoms. The topological polar surface area (TPSA) is 113 Å². The van der Waals surface area contributed by atoms with Crippen molar-refractivity contribution in [3.63, 3.8) is 0 Å². The molecule has 0 amide bonds. The Morgan fingerprint density at radius 1 is 0.952 bits per heavy atom. The summed E-state index contributed by atoms with van der Waals surface area (Å²) in [6, 6.07) is 7.49. The third-order valence-electron chi connectivity index (χ3n) is 11.2. The Kier molecular flexibility index (Phi) is 8.46. The van der Waals surface area contributed by atoms with E-state index in [9.17, 15) is 25.0 Å². The van der Waals surface area contributed by atoms with Gasteiger partial charge in [0, 0.05) is 18.6 Å². The molecule has 0 saturated heterocycles. The Morgan fingerprint density at radius 2 is 1.64 bits per heavy atom. The zero-order valence-electron chi connectivity index (χ0n) is 25.6. The van der Waals surface area contributed by atoms with Crippen molar-refractivity contribution in [3.8, 4) is 0 Å². The highest BCUT2D eigenvalue weighted by atomic mass is 16.6. The van der Waals surface area contributed by atoms with Crippen LogP contribution >= 0.6 is 0 Å². The van der Waals surface area contributed by atoms with Crippen molar-refractivity contribution >= 4 is 17.3 Å². The van der Waals surface area contributed by atoms with Crippen LogP contribution in [0.2, 0.25) is 0 Å². The fraction of sp³-hybridized carbons (Fsp3) is 0.618. The van der Waals surface area contributed by atoms with Crippen LogP contribution in [-0.4, -0.2) is 21.9 Å². The van der Waals surface area contributed by atoms with Crippen molar-refractivity contribution in [3.05, 3.63) is 78.4 Å². The largest absolute Gasteiger partial charge is 0.458 e. The Morgan fingerprint density at radius 3 is 2.29 bits per heavy atom. The summed E-state index contributed by atoms with van der Waals surface area (Å²) in [5.41, 5.74) is 4.83. The fourth-order valence-electron chi connectivity index (χ4n) is 8.30. The van der Waals surface area contributed by atoms with Gasteiger partial charge >= 0.3 is 5.97 Å². The molecule has 226 valence electrons. The zero-order chi connectivity index (χ0) is 30.3. The van der Waals surface area contributed by atoms with Crippen LogP contribution in [-0.2, 0) is 24.0 Å². The molecule has 0 N–H and O–H groups in total. The fourth-order valence-corrected chi connectivity index (χ4v) is 8.30. The lowest BCUT2D eigenvalue weighted by Gasteiger charge is -2.45. The first-order valence-corrected chi connectivity index (χ1v) is 15.7. The van der Waals surface area contributed by atoms with Crippen LogP contribution in [0.4, 0.5) is 11.4 Å². The number of nitro benzene ring substituents is 2. The molecule has 8 nitrogen and oxygen atoms in total. The van der Waals surface area contributed by atoms with Gasteiger partial charge in [-0.1, -0.05) is 59.6 Å². The van der Waals surface area contributed by atoms with E-state index in [1.165, 1.54) is 54.4 Å². The maximum Gasteiger partial charge on any atom is 0.338 e. The first-order valence-electron chi connectivity index (χ1n) is 15.7. The van der Waals surface area contributed by atoms with Crippen LogP contribution in [0.3, 0.4) is 0 Å². The van der Waals surface area contributed by atoms with Crippen LogP contribution in [0.25, 0.3) is 0 Å². The predicted octanol–water partition coefficient (Wildman–Crippen LogP) is 8.37. The van der Waals surface area contributed by atoms with Crippen LogP contribution in [0, 0.1) is 49.3 Å². The normalized spacial score (nSPS) is 26.1. The predicted molar refractivity (Wildman–Crippen MR) is 162 cm³/mol. The Labute approximate surface area is 248 Å². The minimum atomic E-state index is -0.766. The summed E-state index contributed by atoms with van der Waals surface area (Å²) < 4.78 is 5.74. The third kappa shape index (κ3) is 5.69.